The number of aryl methyl sites for hydroxylation is 1. The molecule has 4 heteroatoms. The number of H-pyrrole nitrogens is 1. The van der Waals surface area contributed by atoms with E-state index in [-0.39, 0.29) is 0 Å². The van der Waals surface area contributed by atoms with E-state index in [1.807, 2.05) is 13.0 Å². The smallest absolute Gasteiger partial charge is 0.149 e. The molecule has 0 fully saturated rings. The van der Waals surface area contributed by atoms with E-state index in [4.69, 9.17) is 10.2 Å². The quantitative estimate of drug-likeness (QED) is 0.834. The highest BCUT2D eigenvalue weighted by Gasteiger charge is 2.15. The van der Waals surface area contributed by atoms with Gasteiger partial charge in [0.05, 0.1) is 5.69 Å². The van der Waals surface area contributed by atoms with Gasteiger partial charge in [-0.25, -0.2) is 0 Å². The summed E-state index contributed by atoms with van der Waals surface area (Å²) < 4.78 is 5.30. The summed E-state index contributed by atoms with van der Waals surface area (Å²) in [7, 11) is 0. The number of aromatic nitrogens is 2. The summed E-state index contributed by atoms with van der Waals surface area (Å²) in [5.74, 6) is 2.02. The van der Waals surface area contributed by atoms with E-state index in [9.17, 15) is 0 Å². The van der Waals surface area contributed by atoms with E-state index in [1.54, 1.807) is 6.26 Å². The number of aromatic amines is 1. The van der Waals surface area contributed by atoms with E-state index >= 15 is 0 Å². The van der Waals surface area contributed by atoms with Crippen molar-refractivity contribution in [2.45, 2.75) is 27.2 Å². The van der Waals surface area contributed by atoms with Crippen LogP contribution >= 0.6 is 0 Å². The van der Waals surface area contributed by atoms with E-state index < -0.39 is 0 Å². The maximum atomic E-state index is 5.86. The zero-order chi connectivity index (χ0) is 11.7. The highest BCUT2D eigenvalue weighted by atomic mass is 16.3. The maximum absolute atomic E-state index is 5.86. The van der Waals surface area contributed by atoms with Crippen molar-refractivity contribution in [1.29, 1.82) is 0 Å². The van der Waals surface area contributed by atoms with Gasteiger partial charge in [0, 0.05) is 11.1 Å². The van der Waals surface area contributed by atoms with Gasteiger partial charge in [-0.3, -0.25) is 5.10 Å². The first kappa shape index (κ1) is 10.8. The molecule has 86 valence electrons. The second-order valence-corrected chi connectivity index (χ2v) is 4.51. The van der Waals surface area contributed by atoms with Gasteiger partial charge in [0.2, 0.25) is 0 Å². The minimum atomic E-state index is 0.548. The number of hydrogen-bond donors (Lipinski definition) is 2. The summed E-state index contributed by atoms with van der Waals surface area (Å²) in [6.45, 7) is 6.25. The normalized spacial score (nSPS) is 11.2. The first-order valence-corrected chi connectivity index (χ1v) is 5.46. The fourth-order valence-corrected chi connectivity index (χ4v) is 1.81. The van der Waals surface area contributed by atoms with E-state index in [1.165, 1.54) is 0 Å². The number of nitrogen functional groups attached to an aromatic ring is 1. The number of nitrogens with two attached hydrogens (primary N) is 1. The molecule has 0 aromatic carbocycles. The Kier molecular flexibility index (Phi) is 2.73. The Morgan fingerprint density at radius 2 is 2.25 bits per heavy atom. The number of anilines is 1. The zero-order valence-corrected chi connectivity index (χ0v) is 9.87. The fraction of sp³-hybridized carbons (Fsp3) is 0.417. The third-order valence-electron chi connectivity index (χ3n) is 2.53. The Hall–Kier alpha value is -1.71. The molecule has 16 heavy (non-hydrogen) atoms. The molecule has 4 nitrogen and oxygen atoms in total. The average Bonchev–Trinajstić information content (AvgIpc) is 2.75. The van der Waals surface area contributed by atoms with Gasteiger partial charge in [-0.15, -0.1) is 0 Å². The Morgan fingerprint density at radius 1 is 1.50 bits per heavy atom. The van der Waals surface area contributed by atoms with Crippen molar-refractivity contribution >= 4 is 5.82 Å². The van der Waals surface area contributed by atoms with Crippen LogP contribution in [0.25, 0.3) is 11.3 Å². The Labute approximate surface area is 94.8 Å². The lowest BCUT2D eigenvalue weighted by atomic mass is 10.0. The molecule has 0 unspecified atom stereocenters. The number of furan rings is 1. The lowest BCUT2D eigenvalue weighted by Gasteiger charge is -2.05. The molecule has 0 atom stereocenters. The maximum Gasteiger partial charge on any atom is 0.149 e. The minimum Gasteiger partial charge on any atom is -0.469 e. The Balaban J connectivity index is 2.41. The molecule has 3 N–H and O–H groups in total. The third kappa shape index (κ3) is 1.96. The van der Waals surface area contributed by atoms with Crippen molar-refractivity contribution < 1.29 is 4.42 Å². The highest BCUT2D eigenvalue weighted by Crippen LogP contribution is 2.28. The summed E-state index contributed by atoms with van der Waals surface area (Å²) in [4.78, 5) is 0. The van der Waals surface area contributed by atoms with Crippen LogP contribution in [0.4, 0.5) is 5.82 Å². The van der Waals surface area contributed by atoms with Gasteiger partial charge in [0.1, 0.15) is 17.8 Å². The predicted molar refractivity (Wildman–Crippen MR) is 64.0 cm³/mol. The van der Waals surface area contributed by atoms with Gasteiger partial charge in [-0.2, -0.15) is 5.10 Å². The van der Waals surface area contributed by atoms with Crippen LogP contribution in [-0.2, 0) is 6.42 Å². The average molecular weight is 219 g/mol. The summed E-state index contributed by atoms with van der Waals surface area (Å²) in [5.41, 5.74) is 8.93. The van der Waals surface area contributed by atoms with Crippen LogP contribution in [0.5, 0.6) is 0 Å². The monoisotopic (exact) mass is 219 g/mol. The molecule has 0 amide bonds. The zero-order valence-electron chi connectivity index (χ0n) is 9.87. The van der Waals surface area contributed by atoms with Crippen molar-refractivity contribution in [3.05, 3.63) is 23.7 Å². The van der Waals surface area contributed by atoms with Gasteiger partial charge in [0.15, 0.2) is 0 Å². The molecule has 2 aromatic rings. The van der Waals surface area contributed by atoms with Crippen LogP contribution in [0, 0.1) is 12.8 Å². The van der Waals surface area contributed by atoms with Crippen LogP contribution in [0.1, 0.15) is 25.2 Å². The highest BCUT2D eigenvalue weighted by molar-refractivity contribution is 5.67. The van der Waals surface area contributed by atoms with Gasteiger partial charge in [-0.05, 0) is 25.3 Å². The van der Waals surface area contributed by atoms with E-state index in [0.29, 0.717) is 11.7 Å². The molecular weight excluding hydrogens is 202 g/mol. The molecule has 0 aliphatic rings. The summed E-state index contributed by atoms with van der Waals surface area (Å²) in [5, 5.41) is 7.04. The van der Waals surface area contributed by atoms with E-state index in [2.05, 4.69) is 24.0 Å². The van der Waals surface area contributed by atoms with Crippen molar-refractivity contribution in [3.8, 4) is 11.3 Å². The van der Waals surface area contributed by atoms with Crippen molar-refractivity contribution in [2.75, 3.05) is 5.73 Å². The molecule has 2 heterocycles. The second kappa shape index (κ2) is 4.04. The Bertz CT molecular complexity index is 482. The second-order valence-electron chi connectivity index (χ2n) is 4.51. The lowest BCUT2D eigenvalue weighted by Crippen LogP contribution is -1.98. The molecule has 0 bridgehead atoms. The number of rotatable bonds is 3. The van der Waals surface area contributed by atoms with Crippen LogP contribution in [0.15, 0.2) is 16.7 Å². The first-order chi connectivity index (χ1) is 7.58. The van der Waals surface area contributed by atoms with Crippen molar-refractivity contribution in [1.82, 2.24) is 10.2 Å². The fourth-order valence-electron chi connectivity index (χ4n) is 1.81. The van der Waals surface area contributed by atoms with Crippen LogP contribution < -0.4 is 5.73 Å². The van der Waals surface area contributed by atoms with Crippen LogP contribution in [-0.4, -0.2) is 10.2 Å². The van der Waals surface area contributed by atoms with Crippen LogP contribution in [0.3, 0.4) is 0 Å². The summed E-state index contributed by atoms with van der Waals surface area (Å²) >= 11 is 0. The summed E-state index contributed by atoms with van der Waals surface area (Å²) in [6.07, 6.45) is 2.65. The predicted octanol–water partition coefficient (Wildman–Crippen LogP) is 2.76. The molecule has 0 radical (unpaired) electrons. The summed E-state index contributed by atoms with van der Waals surface area (Å²) in [6, 6.07) is 1.98. The minimum absolute atomic E-state index is 0.548. The third-order valence-corrected chi connectivity index (χ3v) is 2.53. The van der Waals surface area contributed by atoms with Gasteiger partial charge < -0.3 is 10.2 Å². The van der Waals surface area contributed by atoms with Gasteiger partial charge >= 0.3 is 0 Å². The SMILES string of the molecule is Cc1cc(-c2[nH]nc(N)c2CC(C)C)co1. The molecule has 0 saturated carbocycles. The molecular formula is C12H17N3O. The first-order valence-electron chi connectivity index (χ1n) is 5.46. The molecule has 0 spiro atoms. The van der Waals surface area contributed by atoms with Gasteiger partial charge in [-0.1, -0.05) is 13.8 Å². The van der Waals surface area contributed by atoms with Crippen molar-refractivity contribution in [2.24, 2.45) is 5.92 Å². The molecule has 0 saturated heterocycles. The number of nitrogens with zero attached hydrogens (tertiary/aromatic N) is 1. The Morgan fingerprint density at radius 3 is 2.81 bits per heavy atom. The largest absolute Gasteiger partial charge is 0.469 e. The molecule has 2 rings (SSSR count). The van der Waals surface area contributed by atoms with E-state index in [0.717, 1.165) is 29.0 Å². The van der Waals surface area contributed by atoms with Crippen molar-refractivity contribution in [3.63, 3.8) is 0 Å². The molecule has 2 aromatic heterocycles. The lowest BCUT2D eigenvalue weighted by molar-refractivity contribution is 0.534. The number of nitrogens with one attached hydrogen (secondary N) is 1. The van der Waals surface area contributed by atoms with Crippen LogP contribution in [0.2, 0.25) is 0 Å². The molecule has 0 aliphatic heterocycles. The molecule has 0 aliphatic carbocycles. The number of hydrogen-bond acceptors (Lipinski definition) is 3. The van der Waals surface area contributed by atoms with Gasteiger partial charge in [0.25, 0.3) is 0 Å². The topological polar surface area (TPSA) is 67.8 Å². The standard InChI is InChI=1S/C12H17N3O/c1-7(2)4-10-11(14-15-12(10)13)9-5-8(3)16-6-9/h5-7H,4H2,1-3H3,(H3,13,14,15).